The quantitative estimate of drug-likeness (QED) is 0.417. The van der Waals surface area contributed by atoms with Crippen LogP contribution < -0.4 is 0 Å². The zero-order chi connectivity index (χ0) is 10.1. The molecule has 0 spiro atoms. The Morgan fingerprint density at radius 1 is 1.50 bits per heavy atom. The Morgan fingerprint density at radius 2 is 2.29 bits per heavy atom. The fourth-order valence-corrected chi connectivity index (χ4v) is 4.55. The van der Waals surface area contributed by atoms with Crippen LogP contribution >= 0.6 is 57.3 Å². The van der Waals surface area contributed by atoms with Gasteiger partial charge in [-0.2, -0.15) is 0 Å². The lowest BCUT2D eigenvalue weighted by Crippen LogP contribution is -1.76. The lowest BCUT2D eigenvalue weighted by Gasteiger charge is -2.00. The molecule has 0 radical (unpaired) electrons. The Balaban J connectivity index is 2.68. The molecule has 1 aromatic carbocycles. The average molecular weight is 355 g/mol. The van der Waals surface area contributed by atoms with E-state index in [9.17, 15) is 0 Å². The van der Waals surface area contributed by atoms with Gasteiger partial charge in [-0.05, 0) is 46.4 Å². The van der Waals surface area contributed by atoms with E-state index < -0.39 is 0 Å². The number of alkyl halides is 1. The van der Waals surface area contributed by atoms with E-state index in [2.05, 4.69) is 47.0 Å². The van der Waals surface area contributed by atoms with Crippen LogP contribution in [0, 0.1) is 3.57 Å². The van der Waals surface area contributed by atoms with Gasteiger partial charge in [-0.3, -0.25) is 0 Å². The molecule has 1 heterocycles. The van der Waals surface area contributed by atoms with Crippen molar-refractivity contribution in [1.29, 1.82) is 0 Å². The Kier molecular flexibility index (Phi) is 3.63. The molecule has 0 N–H and O–H groups in total. The van der Waals surface area contributed by atoms with E-state index in [0.29, 0.717) is 5.88 Å². The highest BCUT2D eigenvalue weighted by Crippen LogP contribution is 2.35. The van der Waals surface area contributed by atoms with Crippen LogP contribution in [-0.2, 0) is 5.88 Å². The summed E-state index contributed by atoms with van der Waals surface area (Å²) in [7, 11) is 0. The van der Waals surface area contributed by atoms with E-state index in [0.717, 1.165) is 0 Å². The summed E-state index contributed by atoms with van der Waals surface area (Å²) in [6, 6.07) is 6.54. The molecule has 14 heavy (non-hydrogen) atoms. The van der Waals surface area contributed by atoms with Gasteiger partial charge in [0.1, 0.15) is 0 Å². The van der Waals surface area contributed by atoms with Crippen molar-refractivity contribution in [3.8, 4) is 0 Å². The number of thioether (sulfide) groups is 1. The van der Waals surface area contributed by atoms with Crippen molar-refractivity contribution in [3.63, 3.8) is 0 Å². The molecule has 0 unspecified atom stereocenters. The molecule has 2 rings (SSSR count). The third kappa shape index (κ3) is 1.92. The fraction of sp³-hybridized carbons (Fsp3) is 0.200. The minimum Gasteiger partial charge on any atom is -0.138 e. The first-order valence-electron chi connectivity index (χ1n) is 4.07. The van der Waals surface area contributed by atoms with Crippen LogP contribution in [0.3, 0.4) is 0 Å². The summed E-state index contributed by atoms with van der Waals surface area (Å²) in [6.45, 7) is 0. The van der Waals surface area contributed by atoms with Gasteiger partial charge in [0.25, 0.3) is 0 Å². The van der Waals surface area contributed by atoms with Crippen LogP contribution in [0.4, 0.5) is 0 Å². The highest BCUT2D eigenvalue weighted by Gasteiger charge is 2.07. The Morgan fingerprint density at radius 3 is 2.93 bits per heavy atom. The second-order valence-corrected chi connectivity index (χ2v) is 6.18. The van der Waals surface area contributed by atoms with E-state index in [-0.39, 0.29) is 0 Å². The number of thiophene rings is 1. The standard InChI is InChI=1S/C10H8ClIS2/c1-13-8-3-2-6-4-7(5-11)14-10(6)9(8)12/h2-4H,5H2,1H3. The van der Waals surface area contributed by atoms with E-state index in [1.165, 1.54) is 23.4 Å². The molecule has 74 valence electrons. The number of halogens is 2. The highest BCUT2D eigenvalue weighted by molar-refractivity contribution is 14.1. The van der Waals surface area contributed by atoms with Crippen LogP contribution in [0.2, 0.25) is 0 Å². The summed E-state index contributed by atoms with van der Waals surface area (Å²) >= 11 is 11.8. The van der Waals surface area contributed by atoms with Gasteiger partial charge in [0.05, 0.1) is 5.88 Å². The normalized spacial score (nSPS) is 11.1. The zero-order valence-electron chi connectivity index (χ0n) is 7.51. The second kappa shape index (κ2) is 4.60. The molecule has 0 aliphatic rings. The van der Waals surface area contributed by atoms with Crippen molar-refractivity contribution >= 4 is 67.4 Å². The Hall–Kier alpha value is 0.550. The molecule has 0 aliphatic heterocycles. The molecule has 0 nitrogen and oxygen atoms in total. The molecule has 0 fully saturated rings. The largest absolute Gasteiger partial charge is 0.138 e. The van der Waals surface area contributed by atoms with Gasteiger partial charge in [-0.15, -0.1) is 34.7 Å². The summed E-state index contributed by atoms with van der Waals surface area (Å²) in [6.07, 6.45) is 2.11. The van der Waals surface area contributed by atoms with Gasteiger partial charge in [0.15, 0.2) is 0 Å². The summed E-state index contributed by atoms with van der Waals surface area (Å²) in [5.41, 5.74) is 0. The van der Waals surface area contributed by atoms with Gasteiger partial charge in [-0.1, -0.05) is 6.07 Å². The fourth-order valence-electron chi connectivity index (χ4n) is 1.33. The maximum atomic E-state index is 5.83. The molecule has 0 bridgehead atoms. The van der Waals surface area contributed by atoms with E-state index >= 15 is 0 Å². The maximum Gasteiger partial charge on any atom is 0.0568 e. The molecule has 4 heteroatoms. The van der Waals surface area contributed by atoms with E-state index in [1.54, 1.807) is 23.1 Å². The minimum atomic E-state index is 0.615. The molecule has 1 aromatic heterocycles. The van der Waals surface area contributed by atoms with Crippen molar-refractivity contribution in [2.24, 2.45) is 0 Å². The molecule has 0 aliphatic carbocycles. The van der Waals surface area contributed by atoms with Gasteiger partial charge < -0.3 is 0 Å². The third-order valence-electron chi connectivity index (χ3n) is 1.99. The number of fused-ring (bicyclic) bond motifs is 1. The lowest BCUT2D eigenvalue weighted by atomic mass is 10.2. The van der Waals surface area contributed by atoms with Gasteiger partial charge in [-0.25, -0.2) is 0 Å². The SMILES string of the molecule is CSc1ccc2cc(CCl)sc2c1I. The predicted molar refractivity (Wildman–Crippen MR) is 75.9 cm³/mol. The smallest absolute Gasteiger partial charge is 0.0568 e. The predicted octanol–water partition coefficient (Wildman–Crippen LogP) is 4.97. The molecule has 0 atom stereocenters. The number of hydrogen-bond acceptors (Lipinski definition) is 2. The van der Waals surface area contributed by atoms with E-state index in [4.69, 9.17) is 11.6 Å². The lowest BCUT2D eigenvalue weighted by molar-refractivity contribution is 1.47. The topological polar surface area (TPSA) is 0 Å². The van der Waals surface area contributed by atoms with Crippen LogP contribution in [0.1, 0.15) is 4.88 Å². The molecule has 0 saturated carbocycles. The van der Waals surface area contributed by atoms with Crippen molar-refractivity contribution in [1.82, 2.24) is 0 Å². The monoisotopic (exact) mass is 354 g/mol. The Labute approximate surface area is 110 Å². The summed E-state index contributed by atoms with van der Waals surface area (Å²) < 4.78 is 2.72. The number of hydrogen-bond donors (Lipinski definition) is 0. The molecular formula is C10H8ClIS2. The van der Waals surface area contributed by atoms with Crippen LogP contribution in [0.15, 0.2) is 23.1 Å². The highest BCUT2D eigenvalue weighted by atomic mass is 127. The molecule has 2 aromatic rings. The van der Waals surface area contributed by atoms with Crippen LogP contribution in [0.25, 0.3) is 10.1 Å². The zero-order valence-corrected chi connectivity index (χ0v) is 12.1. The van der Waals surface area contributed by atoms with Gasteiger partial charge >= 0.3 is 0 Å². The van der Waals surface area contributed by atoms with E-state index in [1.807, 2.05) is 0 Å². The second-order valence-electron chi connectivity index (χ2n) is 2.85. The first-order valence-corrected chi connectivity index (χ1v) is 7.72. The average Bonchev–Trinajstić information content (AvgIpc) is 2.62. The van der Waals surface area contributed by atoms with Crippen LogP contribution in [-0.4, -0.2) is 6.26 Å². The van der Waals surface area contributed by atoms with Crippen molar-refractivity contribution < 1.29 is 0 Å². The van der Waals surface area contributed by atoms with Crippen molar-refractivity contribution in [2.45, 2.75) is 10.8 Å². The number of benzene rings is 1. The Bertz CT molecular complexity index is 464. The van der Waals surface area contributed by atoms with Gasteiger partial charge in [0, 0.05) is 18.0 Å². The molecule has 0 amide bonds. The van der Waals surface area contributed by atoms with Crippen molar-refractivity contribution in [3.05, 3.63) is 26.6 Å². The maximum absolute atomic E-state index is 5.83. The van der Waals surface area contributed by atoms with Crippen molar-refractivity contribution in [2.75, 3.05) is 6.26 Å². The van der Waals surface area contributed by atoms with Gasteiger partial charge in [0.2, 0.25) is 0 Å². The first kappa shape index (κ1) is 11.0. The van der Waals surface area contributed by atoms with Crippen LogP contribution in [0.5, 0.6) is 0 Å². The summed E-state index contributed by atoms with van der Waals surface area (Å²) in [5.74, 6) is 0.615. The first-order chi connectivity index (χ1) is 6.76. The summed E-state index contributed by atoms with van der Waals surface area (Å²) in [5, 5.41) is 1.31. The molecular weight excluding hydrogens is 347 g/mol. The summed E-state index contributed by atoms with van der Waals surface area (Å²) in [4.78, 5) is 2.60. The minimum absolute atomic E-state index is 0.615. The third-order valence-corrected chi connectivity index (χ3v) is 6.24. The number of rotatable bonds is 2. The molecule has 0 saturated heterocycles.